The van der Waals surface area contributed by atoms with Crippen LogP contribution < -0.4 is 9.62 Å². The van der Waals surface area contributed by atoms with Gasteiger partial charge in [-0.15, -0.1) is 0 Å². The zero-order valence-corrected chi connectivity index (χ0v) is 25.6. The van der Waals surface area contributed by atoms with Crippen molar-refractivity contribution < 1.29 is 18.0 Å². The molecule has 3 aromatic rings. The van der Waals surface area contributed by atoms with Crippen LogP contribution in [0.5, 0.6) is 0 Å². The molecule has 3 rings (SSSR count). The molecule has 0 aliphatic rings. The zero-order valence-electron chi connectivity index (χ0n) is 23.3. The van der Waals surface area contributed by atoms with Gasteiger partial charge in [0, 0.05) is 12.1 Å². The number of hydrogen-bond acceptors (Lipinski definition) is 4. The Morgan fingerprint density at radius 2 is 1.55 bits per heavy atom. The first-order chi connectivity index (χ1) is 18.7. The molecule has 1 atom stereocenters. The highest BCUT2D eigenvalue weighted by Gasteiger charge is 2.34. The first-order valence-corrected chi connectivity index (χ1v) is 15.1. The minimum atomic E-state index is -4.13. The number of carbonyl (C=O) groups is 2. The van der Waals surface area contributed by atoms with E-state index in [9.17, 15) is 18.0 Å². The smallest absolute Gasteiger partial charge is 0.264 e. The molecule has 0 aliphatic carbocycles. The standard InChI is InChI=1S/C30H35Cl2N3O4S/c1-6-23-12-10-11-15-27(23)35(40(38,39)24-13-8-7-9-14-24)20-28(36)34(21(2)29(37)33-30(3,4)5)19-22-16-17-25(31)26(32)18-22/h7-18,21H,6,19-20H2,1-5H3,(H,33,37). The normalized spacial score (nSPS) is 12.5. The quantitative estimate of drug-likeness (QED) is 0.304. The fraction of sp³-hybridized carbons (Fsp3) is 0.333. The van der Waals surface area contributed by atoms with E-state index in [4.69, 9.17) is 23.2 Å². The average Bonchev–Trinajstić information content (AvgIpc) is 2.91. The number of para-hydroxylation sites is 1. The molecule has 1 unspecified atom stereocenters. The number of sulfonamides is 1. The van der Waals surface area contributed by atoms with Crippen molar-refractivity contribution in [2.45, 2.75) is 64.1 Å². The Morgan fingerprint density at radius 1 is 0.925 bits per heavy atom. The molecule has 0 fully saturated rings. The van der Waals surface area contributed by atoms with Gasteiger partial charge in [0.25, 0.3) is 10.0 Å². The van der Waals surface area contributed by atoms with Gasteiger partial charge in [0.15, 0.2) is 0 Å². The van der Waals surface area contributed by atoms with Gasteiger partial charge < -0.3 is 10.2 Å². The Kier molecular flexibility index (Phi) is 10.3. The highest BCUT2D eigenvalue weighted by atomic mass is 35.5. The minimum absolute atomic E-state index is 0.0170. The van der Waals surface area contributed by atoms with Gasteiger partial charge in [-0.05, 0) is 75.6 Å². The summed E-state index contributed by atoms with van der Waals surface area (Å²) in [5, 5.41) is 3.58. The molecule has 0 saturated carbocycles. The monoisotopic (exact) mass is 603 g/mol. The van der Waals surface area contributed by atoms with Crippen LogP contribution in [0.4, 0.5) is 5.69 Å². The molecule has 0 spiro atoms. The lowest BCUT2D eigenvalue weighted by Gasteiger charge is -2.34. The lowest BCUT2D eigenvalue weighted by molar-refractivity contribution is -0.140. The van der Waals surface area contributed by atoms with Gasteiger partial charge in [0.2, 0.25) is 11.8 Å². The number of nitrogens with zero attached hydrogens (tertiary/aromatic N) is 2. The van der Waals surface area contributed by atoms with E-state index in [0.717, 1.165) is 9.87 Å². The third kappa shape index (κ3) is 7.77. The van der Waals surface area contributed by atoms with Crippen molar-refractivity contribution >= 4 is 50.7 Å². The van der Waals surface area contributed by atoms with Gasteiger partial charge in [0.05, 0.1) is 20.6 Å². The molecule has 0 saturated heterocycles. The third-order valence-corrected chi connectivity index (χ3v) is 8.77. The van der Waals surface area contributed by atoms with Crippen LogP contribution in [0.2, 0.25) is 10.0 Å². The number of carbonyl (C=O) groups excluding carboxylic acids is 2. The fourth-order valence-corrected chi connectivity index (χ4v) is 5.97. The summed E-state index contributed by atoms with van der Waals surface area (Å²) in [6.07, 6.45) is 0.558. The van der Waals surface area contributed by atoms with Crippen molar-refractivity contribution in [3.8, 4) is 0 Å². The molecule has 0 aromatic heterocycles. The lowest BCUT2D eigenvalue weighted by atomic mass is 10.1. The van der Waals surface area contributed by atoms with Crippen LogP contribution in [0.3, 0.4) is 0 Å². The van der Waals surface area contributed by atoms with Gasteiger partial charge in [-0.1, -0.05) is 72.6 Å². The molecular formula is C30H35Cl2N3O4S. The number of rotatable bonds is 10. The van der Waals surface area contributed by atoms with Gasteiger partial charge in [-0.3, -0.25) is 13.9 Å². The summed E-state index contributed by atoms with van der Waals surface area (Å²) in [4.78, 5) is 28.7. The van der Waals surface area contributed by atoms with Crippen LogP contribution in [0.25, 0.3) is 0 Å². The lowest BCUT2D eigenvalue weighted by Crippen LogP contribution is -2.54. The minimum Gasteiger partial charge on any atom is -0.350 e. The van der Waals surface area contributed by atoms with Gasteiger partial charge in [0.1, 0.15) is 12.6 Å². The number of halogens is 2. The fourth-order valence-electron chi connectivity index (χ4n) is 4.18. The second-order valence-electron chi connectivity index (χ2n) is 10.5. The van der Waals surface area contributed by atoms with Crippen molar-refractivity contribution in [3.05, 3.63) is 94.0 Å². The number of amides is 2. The Labute approximate surface area is 247 Å². The van der Waals surface area contributed by atoms with Crippen LogP contribution in [-0.2, 0) is 32.6 Å². The van der Waals surface area contributed by atoms with E-state index in [-0.39, 0.29) is 17.3 Å². The molecule has 1 N–H and O–H groups in total. The van der Waals surface area contributed by atoms with Crippen molar-refractivity contribution in [1.82, 2.24) is 10.2 Å². The van der Waals surface area contributed by atoms with Crippen molar-refractivity contribution in [1.29, 1.82) is 0 Å². The van der Waals surface area contributed by atoms with Crippen molar-refractivity contribution in [3.63, 3.8) is 0 Å². The number of aryl methyl sites for hydroxylation is 1. The van der Waals surface area contributed by atoms with E-state index < -0.39 is 34.1 Å². The molecular weight excluding hydrogens is 569 g/mol. The number of anilines is 1. The van der Waals surface area contributed by atoms with E-state index in [1.807, 2.05) is 39.8 Å². The van der Waals surface area contributed by atoms with Crippen molar-refractivity contribution in [2.75, 3.05) is 10.8 Å². The average molecular weight is 605 g/mol. The highest BCUT2D eigenvalue weighted by molar-refractivity contribution is 7.92. The van der Waals surface area contributed by atoms with Crippen LogP contribution in [0.1, 0.15) is 45.7 Å². The molecule has 10 heteroatoms. The third-order valence-electron chi connectivity index (χ3n) is 6.25. The van der Waals surface area contributed by atoms with E-state index >= 15 is 0 Å². The van der Waals surface area contributed by atoms with Crippen LogP contribution in [0, 0.1) is 0 Å². The summed E-state index contributed by atoms with van der Waals surface area (Å²) in [6.45, 7) is 8.58. The van der Waals surface area contributed by atoms with Gasteiger partial charge in [-0.2, -0.15) is 0 Å². The molecule has 2 amide bonds. The molecule has 0 bridgehead atoms. The van der Waals surface area contributed by atoms with E-state index in [1.165, 1.54) is 17.0 Å². The van der Waals surface area contributed by atoms with E-state index in [0.29, 0.717) is 27.7 Å². The Hall–Kier alpha value is -3.07. The first kappa shape index (κ1) is 31.5. The zero-order chi connectivity index (χ0) is 29.7. The summed E-state index contributed by atoms with van der Waals surface area (Å²) in [5.74, 6) is -0.916. The van der Waals surface area contributed by atoms with Gasteiger partial charge >= 0.3 is 0 Å². The molecule has 0 aliphatic heterocycles. The maximum absolute atomic E-state index is 14.1. The molecule has 0 radical (unpaired) electrons. The molecule has 214 valence electrons. The number of nitrogens with one attached hydrogen (secondary N) is 1. The largest absolute Gasteiger partial charge is 0.350 e. The van der Waals surface area contributed by atoms with Crippen LogP contribution >= 0.6 is 23.2 Å². The first-order valence-electron chi connectivity index (χ1n) is 13.0. The maximum Gasteiger partial charge on any atom is 0.264 e. The summed E-state index contributed by atoms with van der Waals surface area (Å²) < 4.78 is 29.0. The van der Waals surface area contributed by atoms with E-state index in [2.05, 4.69) is 5.32 Å². The van der Waals surface area contributed by atoms with Crippen LogP contribution in [0.15, 0.2) is 77.7 Å². The molecule has 0 heterocycles. The Balaban J connectivity index is 2.08. The highest BCUT2D eigenvalue weighted by Crippen LogP contribution is 2.29. The molecule has 40 heavy (non-hydrogen) atoms. The Bertz CT molecular complexity index is 1460. The molecule has 7 nitrogen and oxygen atoms in total. The summed E-state index contributed by atoms with van der Waals surface area (Å²) in [7, 11) is -4.13. The van der Waals surface area contributed by atoms with Crippen LogP contribution in [-0.4, -0.2) is 43.3 Å². The number of hydrogen-bond donors (Lipinski definition) is 1. The number of benzene rings is 3. The van der Waals surface area contributed by atoms with Gasteiger partial charge in [-0.25, -0.2) is 8.42 Å². The summed E-state index contributed by atoms with van der Waals surface area (Å²) in [6, 6.07) is 19.1. The van der Waals surface area contributed by atoms with E-state index in [1.54, 1.807) is 55.5 Å². The van der Waals surface area contributed by atoms with Crippen molar-refractivity contribution in [2.24, 2.45) is 0 Å². The summed E-state index contributed by atoms with van der Waals surface area (Å²) >= 11 is 12.3. The predicted octanol–water partition coefficient (Wildman–Crippen LogP) is 6.08. The second-order valence-corrected chi connectivity index (χ2v) is 13.2. The second kappa shape index (κ2) is 13.1. The summed E-state index contributed by atoms with van der Waals surface area (Å²) in [5.41, 5.74) is 1.28. The predicted molar refractivity (Wildman–Crippen MR) is 161 cm³/mol. The Morgan fingerprint density at radius 3 is 2.15 bits per heavy atom. The molecule has 3 aromatic carbocycles. The SMILES string of the molecule is CCc1ccccc1N(CC(=O)N(Cc1ccc(Cl)c(Cl)c1)C(C)C(=O)NC(C)(C)C)S(=O)(=O)c1ccccc1. The topological polar surface area (TPSA) is 86.8 Å². The maximum atomic E-state index is 14.1.